The highest BCUT2D eigenvalue weighted by Gasteiger charge is 2.09. The lowest BCUT2D eigenvalue weighted by Crippen LogP contribution is -2.12. The summed E-state index contributed by atoms with van der Waals surface area (Å²) in [4.78, 5) is 11.6. The zero-order valence-corrected chi connectivity index (χ0v) is 10.7. The van der Waals surface area contributed by atoms with Gasteiger partial charge in [0.15, 0.2) is 0 Å². The molecule has 0 radical (unpaired) electrons. The Morgan fingerprint density at radius 1 is 1.39 bits per heavy atom. The zero-order chi connectivity index (χ0) is 13.5. The van der Waals surface area contributed by atoms with Gasteiger partial charge in [-0.05, 0) is 24.1 Å². The van der Waals surface area contributed by atoms with E-state index >= 15 is 0 Å². The Morgan fingerprint density at radius 2 is 2.11 bits per heavy atom. The van der Waals surface area contributed by atoms with E-state index in [1.54, 1.807) is 0 Å². The Bertz CT molecular complexity index is 404. The highest BCUT2D eigenvalue weighted by molar-refractivity contribution is 5.90. The minimum Gasteiger partial charge on any atom is -0.506 e. The Balaban J connectivity index is 2.34. The molecular formula is C13H19NO4. The third-order valence-electron chi connectivity index (χ3n) is 2.18. The smallest absolute Gasteiger partial charge is 0.338 e. The summed E-state index contributed by atoms with van der Waals surface area (Å²) in [6.07, 6.45) is 0. The molecule has 18 heavy (non-hydrogen) atoms. The number of nitrogens with two attached hydrogens (primary N) is 1. The van der Waals surface area contributed by atoms with Crippen molar-refractivity contribution in [3.63, 3.8) is 0 Å². The van der Waals surface area contributed by atoms with Gasteiger partial charge in [0.25, 0.3) is 0 Å². The van der Waals surface area contributed by atoms with Crippen LogP contribution >= 0.6 is 0 Å². The minimum atomic E-state index is -0.477. The molecule has 0 heterocycles. The Morgan fingerprint density at radius 3 is 2.72 bits per heavy atom. The molecule has 5 nitrogen and oxygen atoms in total. The number of carbonyl (C=O) groups is 1. The van der Waals surface area contributed by atoms with Crippen molar-refractivity contribution in [2.45, 2.75) is 13.8 Å². The van der Waals surface area contributed by atoms with Crippen molar-refractivity contribution in [1.29, 1.82) is 0 Å². The maximum Gasteiger partial charge on any atom is 0.338 e. The average Bonchev–Trinajstić information content (AvgIpc) is 2.31. The first-order valence-corrected chi connectivity index (χ1v) is 5.84. The van der Waals surface area contributed by atoms with E-state index < -0.39 is 5.97 Å². The van der Waals surface area contributed by atoms with Gasteiger partial charge >= 0.3 is 5.97 Å². The second kappa shape index (κ2) is 6.86. The van der Waals surface area contributed by atoms with Crippen LogP contribution in [0.2, 0.25) is 0 Å². The number of phenols is 1. The Hall–Kier alpha value is -1.75. The van der Waals surface area contributed by atoms with Gasteiger partial charge in [-0.25, -0.2) is 4.79 Å². The number of benzene rings is 1. The molecule has 100 valence electrons. The van der Waals surface area contributed by atoms with Crippen molar-refractivity contribution >= 4 is 11.7 Å². The third kappa shape index (κ3) is 4.63. The van der Waals surface area contributed by atoms with Crippen molar-refractivity contribution in [3.05, 3.63) is 23.8 Å². The maximum atomic E-state index is 11.6. The minimum absolute atomic E-state index is 0.0492. The first kappa shape index (κ1) is 14.3. The molecule has 0 spiro atoms. The second-order valence-corrected chi connectivity index (χ2v) is 4.38. The van der Waals surface area contributed by atoms with E-state index in [-0.39, 0.29) is 18.0 Å². The Labute approximate surface area is 107 Å². The zero-order valence-electron chi connectivity index (χ0n) is 10.7. The largest absolute Gasteiger partial charge is 0.506 e. The van der Waals surface area contributed by atoms with Crippen molar-refractivity contribution < 1.29 is 19.4 Å². The summed E-state index contributed by atoms with van der Waals surface area (Å²) in [5.41, 5.74) is 5.95. The van der Waals surface area contributed by atoms with Crippen LogP contribution in [0.1, 0.15) is 24.2 Å². The summed E-state index contributed by atoms with van der Waals surface area (Å²) < 4.78 is 10.3. The van der Waals surface area contributed by atoms with Crippen molar-refractivity contribution in [2.24, 2.45) is 5.92 Å². The van der Waals surface area contributed by atoms with Crippen LogP contribution in [0.25, 0.3) is 0 Å². The molecule has 0 unspecified atom stereocenters. The number of hydrogen-bond donors (Lipinski definition) is 2. The average molecular weight is 253 g/mol. The van der Waals surface area contributed by atoms with Crippen LogP contribution in [0.15, 0.2) is 18.2 Å². The van der Waals surface area contributed by atoms with E-state index in [0.717, 1.165) is 0 Å². The quantitative estimate of drug-likeness (QED) is 0.349. The molecule has 0 amide bonds. The molecule has 0 atom stereocenters. The fourth-order valence-electron chi connectivity index (χ4n) is 1.28. The normalized spacial score (nSPS) is 10.6. The molecule has 0 aliphatic heterocycles. The van der Waals surface area contributed by atoms with Gasteiger partial charge in [0.05, 0.1) is 17.9 Å². The summed E-state index contributed by atoms with van der Waals surface area (Å²) >= 11 is 0. The monoisotopic (exact) mass is 253 g/mol. The number of esters is 1. The molecular weight excluding hydrogens is 234 g/mol. The van der Waals surface area contributed by atoms with Gasteiger partial charge in [-0.1, -0.05) is 13.8 Å². The van der Waals surface area contributed by atoms with Crippen molar-refractivity contribution in [2.75, 3.05) is 25.6 Å². The third-order valence-corrected chi connectivity index (χ3v) is 2.18. The number of rotatable bonds is 6. The summed E-state index contributed by atoms with van der Waals surface area (Å²) in [5.74, 6) is -0.0701. The molecule has 0 aliphatic carbocycles. The standard InChI is InChI=1S/C13H19NO4/c1-9(2)8-17-5-6-18-13(16)10-3-4-12(15)11(14)7-10/h3-4,7,9,15H,5-6,8,14H2,1-2H3. The van der Waals surface area contributed by atoms with Crippen LogP contribution in [0.5, 0.6) is 5.75 Å². The van der Waals surface area contributed by atoms with Crippen LogP contribution in [0, 0.1) is 5.92 Å². The lowest BCUT2D eigenvalue weighted by molar-refractivity contribution is 0.0277. The second-order valence-electron chi connectivity index (χ2n) is 4.38. The van der Waals surface area contributed by atoms with Gasteiger partial charge in [-0.15, -0.1) is 0 Å². The molecule has 3 N–H and O–H groups in total. The topological polar surface area (TPSA) is 81.8 Å². The van der Waals surface area contributed by atoms with E-state index in [2.05, 4.69) is 0 Å². The van der Waals surface area contributed by atoms with E-state index in [0.29, 0.717) is 24.7 Å². The number of aromatic hydroxyl groups is 1. The molecule has 0 bridgehead atoms. The number of hydrogen-bond acceptors (Lipinski definition) is 5. The molecule has 0 saturated carbocycles. The molecule has 0 aromatic heterocycles. The van der Waals surface area contributed by atoms with Crippen molar-refractivity contribution in [3.8, 4) is 5.75 Å². The summed E-state index contributed by atoms with van der Waals surface area (Å²) in [6, 6.07) is 4.21. The van der Waals surface area contributed by atoms with E-state index in [1.807, 2.05) is 13.8 Å². The van der Waals surface area contributed by atoms with Gasteiger partial charge in [-0.3, -0.25) is 0 Å². The molecule has 1 aromatic carbocycles. The first-order chi connectivity index (χ1) is 8.50. The van der Waals surface area contributed by atoms with E-state index in [4.69, 9.17) is 15.2 Å². The highest BCUT2D eigenvalue weighted by Crippen LogP contribution is 2.20. The first-order valence-electron chi connectivity index (χ1n) is 5.84. The van der Waals surface area contributed by atoms with Gasteiger partial charge < -0.3 is 20.3 Å². The van der Waals surface area contributed by atoms with E-state index in [1.165, 1.54) is 18.2 Å². The highest BCUT2D eigenvalue weighted by atomic mass is 16.6. The fourth-order valence-corrected chi connectivity index (χ4v) is 1.28. The fraction of sp³-hybridized carbons (Fsp3) is 0.462. The van der Waals surface area contributed by atoms with Crippen molar-refractivity contribution in [1.82, 2.24) is 0 Å². The number of nitrogen functional groups attached to an aromatic ring is 1. The number of phenolic OH excluding ortho intramolecular Hbond substituents is 1. The summed E-state index contributed by atoms with van der Waals surface area (Å²) in [6.45, 7) is 5.31. The van der Waals surface area contributed by atoms with Crippen LogP contribution in [0.3, 0.4) is 0 Å². The molecule has 0 fully saturated rings. The number of ether oxygens (including phenoxy) is 2. The predicted molar refractivity (Wildman–Crippen MR) is 68.5 cm³/mol. The number of anilines is 1. The van der Waals surface area contributed by atoms with Crippen LogP contribution in [-0.2, 0) is 9.47 Å². The summed E-state index contributed by atoms with van der Waals surface area (Å²) in [7, 11) is 0. The SMILES string of the molecule is CC(C)COCCOC(=O)c1ccc(O)c(N)c1. The van der Waals surface area contributed by atoms with Gasteiger partial charge in [0, 0.05) is 6.61 Å². The molecule has 1 aromatic rings. The molecule has 1 rings (SSSR count). The Kier molecular flexibility index (Phi) is 5.45. The lowest BCUT2D eigenvalue weighted by Gasteiger charge is -2.08. The van der Waals surface area contributed by atoms with Crippen LogP contribution < -0.4 is 5.73 Å². The van der Waals surface area contributed by atoms with Gasteiger partial charge in [-0.2, -0.15) is 0 Å². The number of carbonyl (C=O) groups excluding carboxylic acids is 1. The van der Waals surface area contributed by atoms with Crippen LogP contribution in [0.4, 0.5) is 5.69 Å². The van der Waals surface area contributed by atoms with E-state index in [9.17, 15) is 9.90 Å². The molecule has 5 heteroatoms. The van der Waals surface area contributed by atoms with Crippen LogP contribution in [-0.4, -0.2) is 30.9 Å². The predicted octanol–water partition coefficient (Wildman–Crippen LogP) is 1.80. The maximum absolute atomic E-state index is 11.6. The van der Waals surface area contributed by atoms with Gasteiger partial charge in [0.1, 0.15) is 12.4 Å². The lowest BCUT2D eigenvalue weighted by atomic mass is 10.2. The van der Waals surface area contributed by atoms with Gasteiger partial charge in [0.2, 0.25) is 0 Å². The molecule has 0 saturated heterocycles. The summed E-state index contributed by atoms with van der Waals surface area (Å²) in [5, 5.41) is 9.23. The molecule has 0 aliphatic rings.